The van der Waals surface area contributed by atoms with Crippen LogP contribution >= 0.6 is 11.3 Å². The average molecular weight is 455 g/mol. The van der Waals surface area contributed by atoms with Crippen LogP contribution in [-0.2, 0) is 4.79 Å². The number of piperidine rings is 1. The summed E-state index contributed by atoms with van der Waals surface area (Å²) in [6, 6.07) is 10.4. The van der Waals surface area contributed by atoms with E-state index in [0.717, 1.165) is 31.6 Å². The number of nitrogens with zero attached hydrogens (tertiary/aromatic N) is 2. The Balaban J connectivity index is 1.66. The van der Waals surface area contributed by atoms with Gasteiger partial charge in [-0.2, -0.15) is 0 Å². The number of thiophene rings is 1. The largest absolute Gasteiger partial charge is 0.503 e. The molecule has 1 aromatic carbocycles. The Bertz CT molecular complexity index is 980. The van der Waals surface area contributed by atoms with E-state index in [9.17, 15) is 14.7 Å². The van der Waals surface area contributed by atoms with E-state index in [0.29, 0.717) is 23.8 Å². The van der Waals surface area contributed by atoms with Crippen molar-refractivity contribution in [3.05, 3.63) is 63.6 Å². The molecular formula is C25H30N2O4S. The first kappa shape index (κ1) is 22.6. The van der Waals surface area contributed by atoms with Crippen LogP contribution in [0.4, 0.5) is 0 Å². The van der Waals surface area contributed by atoms with Crippen molar-refractivity contribution >= 4 is 23.0 Å². The minimum absolute atomic E-state index is 0.156. The minimum atomic E-state index is -0.632. The smallest absolute Gasteiger partial charge is 0.290 e. The minimum Gasteiger partial charge on any atom is -0.503 e. The summed E-state index contributed by atoms with van der Waals surface area (Å²) in [7, 11) is 0. The van der Waals surface area contributed by atoms with Crippen molar-refractivity contribution in [2.45, 2.75) is 38.6 Å². The first-order valence-electron chi connectivity index (χ1n) is 11.4. The van der Waals surface area contributed by atoms with Gasteiger partial charge in [0.15, 0.2) is 5.76 Å². The molecule has 7 heteroatoms. The highest BCUT2D eigenvalue weighted by Crippen LogP contribution is 2.40. The van der Waals surface area contributed by atoms with Gasteiger partial charge in [-0.15, -0.1) is 11.3 Å². The third-order valence-corrected chi connectivity index (χ3v) is 6.91. The van der Waals surface area contributed by atoms with Gasteiger partial charge < -0.3 is 19.6 Å². The second-order valence-electron chi connectivity index (χ2n) is 8.29. The molecule has 0 spiro atoms. The van der Waals surface area contributed by atoms with Crippen LogP contribution in [0.15, 0.2) is 53.1 Å². The molecule has 1 unspecified atom stereocenters. The molecule has 1 amide bonds. The van der Waals surface area contributed by atoms with Crippen LogP contribution in [-0.4, -0.2) is 59.4 Å². The molecule has 170 valence electrons. The Morgan fingerprint density at radius 2 is 1.97 bits per heavy atom. The van der Waals surface area contributed by atoms with Crippen molar-refractivity contribution in [1.29, 1.82) is 0 Å². The second kappa shape index (κ2) is 10.3. The van der Waals surface area contributed by atoms with Crippen LogP contribution in [0.1, 0.15) is 53.9 Å². The fraction of sp³-hybridized carbons (Fsp3) is 0.440. The molecule has 0 aliphatic carbocycles. The highest BCUT2D eigenvalue weighted by Gasteiger charge is 2.44. The molecule has 1 aromatic heterocycles. The average Bonchev–Trinajstić information content (AvgIpc) is 3.44. The maximum atomic E-state index is 13.3. The zero-order valence-corrected chi connectivity index (χ0v) is 19.3. The molecule has 0 radical (unpaired) electrons. The zero-order chi connectivity index (χ0) is 22.5. The fourth-order valence-electron chi connectivity index (χ4n) is 4.43. The summed E-state index contributed by atoms with van der Waals surface area (Å²) in [5.74, 6) is -0.517. The normalized spacial score (nSPS) is 19.6. The fourth-order valence-corrected chi connectivity index (χ4v) is 5.11. The molecule has 6 nitrogen and oxygen atoms in total. The van der Waals surface area contributed by atoms with Crippen molar-refractivity contribution in [3.8, 4) is 5.75 Å². The Kier molecular flexibility index (Phi) is 7.27. The van der Waals surface area contributed by atoms with Crippen LogP contribution < -0.4 is 4.74 Å². The second-order valence-corrected chi connectivity index (χ2v) is 9.24. The maximum absolute atomic E-state index is 13.3. The van der Waals surface area contributed by atoms with Crippen molar-refractivity contribution < 1.29 is 19.4 Å². The molecule has 0 saturated carbocycles. The van der Waals surface area contributed by atoms with Crippen LogP contribution in [0, 0.1) is 0 Å². The monoisotopic (exact) mass is 454 g/mol. The zero-order valence-electron chi connectivity index (χ0n) is 18.5. The lowest BCUT2D eigenvalue weighted by Gasteiger charge is -2.31. The third kappa shape index (κ3) is 4.74. The van der Waals surface area contributed by atoms with Gasteiger partial charge in [0.1, 0.15) is 5.75 Å². The molecule has 32 heavy (non-hydrogen) atoms. The lowest BCUT2D eigenvalue weighted by molar-refractivity contribution is -0.129. The summed E-state index contributed by atoms with van der Waals surface area (Å²) in [5.41, 5.74) is 0.929. The number of amides is 1. The molecule has 2 aliphatic heterocycles. The lowest BCUT2D eigenvalue weighted by atomic mass is 9.95. The SMILES string of the molecule is CCCOc1cccc(C2C(C(=O)c3cccs3)=C(O)C(=O)N2CCN2CCCCC2)c1. The summed E-state index contributed by atoms with van der Waals surface area (Å²) in [6.45, 7) is 5.85. The van der Waals surface area contributed by atoms with Gasteiger partial charge in [-0.3, -0.25) is 9.59 Å². The van der Waals surface area contributed by atoms with Crippen LogP contribution in [0.5, 0.6) is 5.75 Å². The molecule has 2 aliphatic rings. The number of hydrogen-bond acceptors (Lipinski definition) is 6. The number of aliphatic hydroxyl groups excluding tert-OH is 1. The van der Waals surface area contributed by atoms with E-state index in [-0.39, 0.29) is 11.4 Å². The number of Topliss-reactive ketones (excluding diaryl/α,β-unsaturated/α-hetero) is 1. The van der Waals surface area contributed by atoms with Crippen molar-refractivity contribution in [2.24, 2.45) is 0 Å². The predicted molar refractivity (Wildman–Crippen MR) is 125 cm³/mol. The number of aliphatic hydroxyl groups is 1. The molecule has 0 bridgehead atoms. The highest BCUT2D eigenvalue weighted by molar-refractivity contribution is 7.12. The molecule has 1 fully saturated rings. The van der Waals surface area contributed by atoms with Crippen molar-refractivity contribution in [2.75, 3.05) is 32.8 Å². The van der Waals surface area contributed by atoms with E-state index in [1.807, 2.05) is 36.6 Å². The van der Waals surface area contributed by atoms with Crippen LogP contribution in [0.2, 0.25) is 0 Å². The maximum Gasteiger partial charge on any atom is 0.290 e. The summed E-state index contributed by atoms with van der Waals surface area (Å²) >= 11 is 1.31. The Morgan fingerprint density at radius 3 is 2.69 bits per heavy atom. The third-order valence-electron chi connectivity index (χ3n) is 6.05. The van der Waals surface area contributed by atoms with Gasteiger partial charge in [0.2, 0.25) is 5.78 Å². The number of rotatable bonds is 9. The molecule has 3 heterocycles. The number of benzene rings is 1. The van der Waals surface area contributed by atoms with Gasteiger partial charge in [-0.25, -0.2) is 0 Å². The quantitative estimate of drug-likeness (QED) is 0.561. The Labute approximate surface area is 193 Å². The van der Waals surface area contributed by atoms with E-state index in [1.165, 1.54) is 30.6 Å². The van der Waals surface area contributed by atoms with Gasteiger partial charge in [0.25, 0.3) is 5.91 Å². The van der Waals surface area contributed by atoms with Gasteiger partial charge in [0, 0.05) is 13.1 Å². The topological polar surface area (TPSA) is 70.1 Å². The first-order valence-corrected chi connectivity index (χ1v) is 12.3. The number of carbonyl (C=O) groups is 2. The Morgan fingerprint density at radius 1 is 1.16 bits per heavy atom. The summed E-state index contributed by atoms with van der Waals surface area (Å²) in [4.78, 5) is 31.0. The number of ether oxygens (including phenoxy) is 1. The van der Waals surface area contributed by atoms with Gasteiger partial charge in [0.05, 0.1) is 23.1 Å². The van der Waals surface area contributed by atoms with Gasteiger partial charge >= 0.3 is 0 Å². The molecule has 1 saturated heterocycles. The summed E-state index contributed by atoms with van der Waals surface area (Å²) in [6.07, 6.45) is 4.46. The van der Waals surface area contributed by atoms with E-state index in [4.69, 9.17) is 4.74 Å². The number of carbonyl (C=O) groups excluding carboxylic acids is 2. The molecule has 1 atom stereocenters. The summed E-state index contributed by atoms with van der Waals surface area (Å²) < 4.78 is 5.79. The van der Waals surface area contributed by atoms with E-state index >= 15 is 0 Å². The number of ketones is 1. The summed E-state index contributed by atoms with van der Waals surface area (Å²) in [5, 5.41) is 12.6. The standard InChI is InChI=1S/C25H30N2O4S/c1-2-15-31-19-9-6-8-18(17-19)22-21(23(28)20-10-7-16-32-20)24(29)25(30)27(22)14-13-26-11-4-3-5-12-26/h6-10,16-17,22,29H,2-5,11-15H2,1H3. The Hall–Kier alpha value is -2.64. The van der Waals surface area contributed by atoms with Crippen LogP contribution in [0.25, 0.3) is 0 Å². The molecule has 2 aromatic rings. The number of hydrogen-bond donors (Lipinski definition) is 1. The van der Waals surface area contributed by atoms with Crippen molar-refractivity contribution in [1.82, 2.24) is 9.80 Å². The number of likely N-dealkylation sites (tertiary alicyclic amines) is 1. The molecule has 4 rings (SSSR count). The van der Waals surface area contributed by atoms with E-state index in [1.54, 1.807) is 17.0 Å². The molecular weight excluding hydrogens is 424 g/mol. The highest BCUT2D eigenvalue weighted by atomic mass is 32.1. The first-order chi connectivity index (χ1) is 15.6. The van der Waals surface area contributed by atoms with Gasteiger partial charge in [-0.05, 0) is 61.5 Å². The van der Waals surface area contributed by atoms with E-state index in [2.05, 4.69) is 4.90 Å². The van der Waals surface area contributed by atoms with Gasteiger partial charge in [-0.1, -0.05) is 31.5 Å². The predicted octanol–water partition coefficient (Wildman–Crippen LogP) is 4.60. The van der Waals surface area contributed by atoms with Crippen molar-refractivity contribution in [3.63, 3.8) is 0 Å². The van der Waals surface area contributed by atoms with E-state index < -0.39 is 17.7 Å². The van der Waals surface area contributed by atoms with Crippen LogP contribution in [0.3, 0.4) is 0 Å². The molecule has 1 N–H and O–H groups in total. The lowest BCUT2D eigenvalue weighted by Crippen LogP contribution is -2.40.